The van der Waals surface area contributed by atoms with Crippen LogP contribution in [0.1, 0.15) is 13.8 Å². The summed E-state index contributed by atoms with van der Waals surface area (Å²) in [5, 5.41) is 0.131. The van der Waals surface area contributed by atoms with E-state index in [-0.39, 0.29) is 11.1 Å². The van der Waals surface area contributed by atoms with Crippen LogP contribution in [0.25, 0.3) is 0 Å². The summed E-state index contributed by atoms with van der Waals surface area (Å²) < 4.78 is 32.7. The Hall–Kier alpha value is -1.06. The van der Waals surface area contributed by atoms with Gasteiger partial charge in [-0.25, -0.2) is 13.4 Å². The monoisotopic (exact) mass is 368 g/mol. The fourth-order valence-electron chi connectivity index (χ4n) is 3.39. The van der Waals surface area contributed by atoms with Crippen LogP contribution < -0.4 is 0 Å². The predicted molar refractivity (Wildman–Crippen MR) is 95.9 cm³/mol. The van der Waals surface area contributed by atoms with Crippen molar-refractivity contribution in [2.24, 2.45) is 0 Å². The van der Waals surface area contributed by atoms with Gasteiger partial charge in [0, 0.05) is 58.1 Å². The van der Waals surface area contributed by atoms with Gasteiger partial charge in [0.1, 0.15) is 0 Å². The second kappa shape index (κ2) is 8.09. The normalized spacial score (nSPS) is 24.7. The number of nitrogens with zero attached hydrogens (tertiary/aromatic N) is 4. The molecule has 8 heteroatoms. The second-order valence-electron chi connectivity index (χ2n) is 6.95. The second-order valence-corrected chi connectivity index (χ2v) is 8.84. The first-order valence-corrected chi connectivity index (χ1v) is 10.4. The molecule has 0 amide bonds. The molecule has 2 saturated heterocycles. The van der Waals surface area contributed by atoms with Gasteiger partial charge in [0.15, 0.2) is 5.03 Å². The molecule has 0 aromatic carbocycles. The molecular formula is C17H28N4O3S. The van der Waals surface area contributed by atoms with E-state index in [1.165, 1.54) is 10.5 Å². The van der Waals surface area contributed by atoms with E-state index in [1.807, 2.05) is 0 Å². The molecule has 2 aliphatic heterocycles. The van der Waals surface area contributed by atoms with Gasteiger partial charge in [0.05, 0.1) is 12.7 Å². The molecule has 0 bridgehead atoms. The Morgan fingerprint density at radius 1 is 1.20 bits per heavy atom. The smallest absolute Gasteiger partial charge is 0.260 e. The van der Waals surface area contributed by atoms with Crippen molar-refractivity contribution in [1.29, 1.82) is 0 Å². The molecule has 1 atom stereocenters. The maximum Gasteiger partial charge on any atom is 0.260 e. The van der Waals surface area contributed by atoms with E-state index in [0.29, 0.717) is 19.1 Å². The average molecular weight is 369 g/mol. The molecule has 7 nitrogen and oxygen atoms in total. The Bertz CT molecular complexity index is 645. The van der Waals surface area contributed by atoms with Crippen molar-refractivity contribution < 1.29 is 13.2 Å². The SMILES string of the molecule is CC(C)N1CCOC(CN2CCN(S(=O)(=O)c3ccccn3)CC2)C1. The lowest BCUT2D eigenvalue weighted by atomic mass is 10.2. The van der Waals surface area contributed by atoms with E-state index in [4.69, 9.17) is 4.74 Å². The Morgan fingerprint density at radius 2 is 1.96 bits per heavy atom. The van der Waals surface area contributed by atoms with Crippen LogP contribution in [0.3, 0.4) is 0 Å². The number of hydrogen-bond donors (Lipinski definition) is 0. The topological polar surface area (TPSA) is 66.0 Å². The zero-order chi connectivity index (χ0) is 17.9. The van der Waals surface area contributed by atoms with Crippen molar-refractivity contribution in [2.75, 3.05) is 52.4 Å². The minimum absolute atomic E-state index is 0.131. The largest absolute Gasteiger partial charge is 0.374 e. The Balaban J connectivity index is 1.52. The Labute approximate surface area is 150 Å². The zero-order valence-electron chi connectivity index (χ0n) is 15.0. The summed E-state index contributed by atoms with van der Waals surface area (Å²) in [6.45, 7) is 10.5. The van der Waals surface area contributed by atoms with Crippen LogP contribution in [0.2, 0.25) is 0 Å². The van der Waals surface area contributed by atoms with Crippen LogP contribution in [0.4, 0.5) is 0 Å². The highest BCUT2D eigenvalue weighted by molar-refractivity contribution is 7.89. The van der Waals surface area contributed by atoms with Crippen LogP contribution >= 0.6 is 0 Å². The van der Waals surface area contributed by atoms with Gasteiger partial charge in [-0.05, 0) is 26.0 Å². The first-order valence-electron chi connectivity index (χ1n) is 8.96. The molecule has 25 heavy (non-hydrogen) atoms. The molecule has 0 aliphatic carbocycles. The first kappa shape index (κ1) is 18.7. The standard InChI is InChI=1S/C17H28N4O3S/c1-15(2)20-11-12-24-16(14-20)13-19-7-9-21(10-8-19)25(22,23)17-5-3-4-6-18-17/h3-6,15-16H,7-14H2,1-2H3. The van der Waals surface area contributed by atoms with Gasteiger partial charge in [-0.3, -0.25) is 9.80 Å². The number of ether oxygens (including phenoxy) is 1. The van der Waals surface area contributed by atoms with Crippen molar-refractivity contribution in [3.8, 4) is 0 Å². The van der Waals surface area contributed by atoms with E-state index in [1.54, 1.807) is 18.2 Å². The number of hydrogen-bond acceptors (Lipinski definition) is 6. The molecule has 3 rings (SSSR count). The number of morpholine rings is 1. The molecule has 0 saturated carbocycles. The number of piperazine rings is 1. The minimum atomic E-state index is -3.48. The molecule has 3 heterocycles. The molecule has 1 aromatic heterocycles. The van der Waals surface area contributed by atoms with Crippen LogP contribution in [0.5, 0.6) is 0 Å². The molecule has 1 unspecified atom stereocenters. The van der Waals surface area contributed by atoms with Gasteiger partial charge in [-0.2, -0.15) is 4.31 Å². The van der Waals surface area contributed by atoms with Crippen LogP contribution in [-0.4, -0.2) is 92.1 Å². The number of aromatic nitrogens is 1. The first-order chi connectivity index (χ1) is 12.0. The van der Waals surface area contributed by atoms with Crippen LogP contribution in [0, 0.1) is 0 Å². The van der Waals surface area contributed by atoms with Gasteiger partial charge in [0.2, 0.25) is 0 Å². The van der Waals surface area contributed by atoms with E-state index in [9.17, 15) is 8.42 Å². The Kier molecular flexibility index (Phi) is 6.06. The van der Waals surface area contributed by atoms with Crippen LogP contribution in [-0.2, 0) is 14.8 Å². The predicted octanol–water partition coefficient (Wildman–Crippen LogP) is 0.497. The molecule has 0 spiro atoms. The highest BCUT2D eigenvalue weighted by atomic mass is 32.2. The molecular weight excluding hydrogens is 340 g/mol. The molecule has 140 valence electrons. The number of rotatable bonds is 5. The summed E-state index contributed by atoms with van der Waals surface area (Å²) in [5.41, 5.74) is 0. The minimum Gasteiger partial charge on any atom is -0.374 e. The summed E-state index contributed by atoms with van der Waals surface area (Å²) in [6.07, 6.45) is 1.72. The number of sulfonamides is 1. The maximum atomic E-state index is 12.6. The lowest BCUT2D eigenvalue weighted by Crippen LogP contribution is -2.54. The van der Waals surface area contributed by atoms with Crippen molar-refractivity contribution in [3.05, 3.63) is 24.4 Å². The summed E-state index contributed by atoms with van der Waals surface area (Å²) in [5.74, 6) is 0. The van der Waals surface area contributed by atoms with E-state index >= 15 is 0 Å². The lowest BCUT2D eigenvalue weighted by molar-refractivity contribution is -0.0545. The van der Waals surface area contributed by atoms with Gasteiger partial charge in [-0.15, -0.1) is 0 Å². The van der Waals surface area contributed by atoms with Gasteiger partial charge in [0.25, 0.3) is 10.0 Å². The molecule has 0 N–H and O–H groups in total. The van der Waals surface area contributed by atoms with E-state index < -0.39 is 10.0 Å². The maximum absolute atomic E-state index is 12.6. The molecule has 0 radical (unpaired) electrons. The molecule has 1 aromatic rings. The Morgan fingerprint density at radius 3 is 2.60 bits per heavy atom. The van der Waals surface area contributed by atoms with Crippen molar-refractivity contribution >= 4 is 10.0 Å². The number of pyridine rings is 1. The van der Waals surface area contributed by atoms with E-state index in [0.717, 1.165) is 39.3 Å². The van der Waals surface area contributed by atoms with Crippen molar-refractivity contribution in [1.82, 2.24) is 19.1 Å². The molecule has 2 aliphatic rings. The van der Waals surface area contributed by atoms with Crippen molar-refractivity contribution in [3.63, 3.8) is 0 Å². The summed E-state index contributed by atoms with van der Waals surface area (Å²) in [4.78, 5) is 8.74. The van der Waals surface area contributed by atoms with Crippen molar-refractivity contribution in [2.45, 2.75) is 31.0 Å². The van der Waals surface area contributed by atoms with E-state index in [2.05, 4.69) is 28.6 Å². The summed E-state index contributed by atoms with van der Waals surface area (Å²) in [6, 6.07) is 5.52. The summed E-state index contributed by atoms with van der Waals surface area (Å²) in [7, 11) is -3.48. The summed E-state index contributed by atoms with van der Waals surface area (Å²) >= 11 is 0. The third-order valence-corrected chi connectivity index (χ3v) is 6.75. The lowest BCUT2D eigenvalue weighted by Gasteiger charge is -2.39. The third-order valence-electron chi connectivity index (χ3n) is 4.94. The highest BCUT2D eigenvalue weighted by Gasteiger charge is 2.31. The third kappa shape index (κ3) is 4.57. The fraction of sp³-hybridized carbons (Fsp3) is 0.706. The van der Waals surface area contributed by atoms with Gasteiger partial charge in [-0.1, -0.05) is 6.07 Å². The average Bonchev–Trinajstić information content (AvgIpc) is 2.63. The van der Waals surface area contributed by atoms with Crippen LogP contribution in [0.15, 0.2) is 29.4 Å². The van der Waals surface area contributed by atoms with Gasteiger partial charge < -0.3 is 4.74 Å². The molecule has 2 fully saturated rings. The highest BCUT2D eigenvalue weighted by Crippen LogP contribution is 2.16. The fourth-order valence-corrected chi connectivity index (χ4v) is 4.75. The quantitative estimate of drug-likeness (QED) is 0.754. The zero-order valence-corrected chi connectivity index (χ0v) is 15.9. The van der Waals surface area contributed by atoms with Gasteiger partial charge >= 0.3 is 0 Å².